The van der Waals surface area contributed by atoms with E-state index in [0.29, 0.717) is 23.3 Å². The molecule has 1 aromatic heterocycles. The summed E-state index contributed by atoms with van der Waals surface area (Å²) in [5.74, 6) is 0.157. The van der Waals surface area contributed by atoms with E-state index < -0.39 is 0 Å². The van der Waals surface area contributed by atoms with Crippen molar-refractivity contribution in [3.63, 3.8) is 0 Å². The van der Waals surface area contributed by atoms with Gasteiger partial charge in [-0.1, -0.05) is 11.3 Å². The topological polar surface area (TPSA) is 89.3 Å². The Hall–Kier alpha value is -1.34. The molecule has 6 nitrogen and oxygen atoms in total. The lowest BCUT2D eigenvalue weighted by molar-refractivity contribution is 0.0870. The van der Waals surface area contributed by atoms with Gasteiger partial charge in [-0.2, -0.15) is 0 Å². The molecule has 1 aliphatic heterocycles. The molecule has 4 N–H and O–H groups in total. The third-order valence-corrected chi connectivity index (χ3v) is 4.99. The molecule has 0 spiro atoms. The van der Waals surface area contributed by atoms with Crippen LogP contribution in [0.2, 0.25) is 0 Å². The second-order valence-electron chi connectivity index (χ2n) is 5.45. The monoisotopic (exact) mass is 296 g/mol. The third kappa shape index (κ3) is 2.73. The van der Waals surface area contributed by atoms with Gasteiger partial charge in [-0.05, 0) is 32.6 Å². The van der Waals surface area contributed by atoms with Crippen molar-refractivity contribution in [1.82, 2.24) is 10.3 Å². The maximum absolute atomic E-state index is 12.2. The van der Waals surface area contributed by atoms with E-state index in [0.717, 1.165) is 24.4 Å². The summed E-state index contributed by atoms with van der Waals surface area (Å²) >= 11 is 1.33. The second kappa shape index (κ2) is 5.57. The molecular formula is C13H20N4O2S. The number of nitrogens with zero attached hydrogens (tertiary/aromatic N) is 1. The fraction of sp³-hybridized carbons (Fsp3) is 0.692. The van der Waals surface area contributed by atoms with E-state index in [1.54, 1.807) is 0 Å². The van der Waals surface area contributed by atoms with Crippen molar-refractivity contribution in [2.45, 2.75) is 50.8 Å². The Balaban J connectivity index is 1.64. The molecule has 2 heterocycles. The Kier molecular flexibility index (Phi) is 3.80. The fourth-order valence-electron chi connectivity index (χ4n) is 2.44. The molecule has 1 aliphatic carbocycles. The predicted molar refractivity (Wildman–Crippen MR) is 79.1 cm³/mol. The highest BCUT2D eigenvalue weighted by molar-refractivity contribution is 7.18. The van der Waals surface area contributed by atoms with E-state index in [1.807, 2.05) is 6.92 Å². The quantitative estimate of drug-likeness (QED) is 0.785. The summed E-state index contributed by atoms with van der Waals surface area (Å²) in [6.45, 7) is 2.66. The predicted octanol–water partition coefficient (Wildman–Crippen LogP) is 1.60. The number of ether oxygens (including phenoxy) is 1. The average molecular weight is 296 g/mol. The van der Waals surface area contributed by atoms with Gasteiger partial charge in [-0.15, -0.1) is 0 Å². The minimum Gasteiger partial charge on any atom is -0.382 e. The molecular weight excluding hydrogens is 276 g/mol. The van der Waals surface area contributed by atoms with Crippen LogP contribution in [0.1, 0.15) is 42.3 Å². The lowest BCUT2D eigenvalue weighted by Gasteiger charge is -2.25. The Morgan fingerprint density at radius 1 is 1.45 bits per heavy atom. The first-order chi connectivity index (χ1) is 9.63. The fourth-order valence-corrected chi connectivity index (χ4v) is 3.30. The molecule has 3 rings (SSSR count). The van der Waals surface area contributed by atoms with Crippen molar-refractivity contribution in [3.8, 4) is 0 Å². The zero-order valence-corrected chi connectivity index (χ0v) is 12.3. The zero-order valence-electron chi connectivity index (χ0n) is 11.5. The van der Waals surface area contributed by atoms with Gasteiger partial charge >= 0.3 is 0 Å². The van der Waals surface area contributed by atoms with E-state index in [4.69, 9.17) is 10.5 Å². The Morgan fingerprint density at radius 2 is 2.25 bits per heavy atom. The van der Waals surface area contributed by atoms with Crippen LogP contribution in [0, 0.1) is 0 Å². The average Bonchev–Trinajstić information content (AvgIpc) is 2.91. The summed E-state index contributed by atoms with van der Waals surface area (Å²) in [5.41, 5.74) is 5.85. The normalized spacial score (nSPS) is 26.2. The molecule has 7 heteroatoms. The summed E-state index contributed by atoms with van der Waals surface area (Å²) in [6.07, 6.45) is 4.49. The molecule has 20 heavy (non-hydrogen) atoms. The standard InChI is InChI=1S/C13H20N4O2S/c1-7-9(5-6-19-7)16-12(18)10-11(14)17-13(20-10)15-8-3-2-4-8/h7-9H,2-6,14H2,1H3,(H,15,17)(H,16,18). The first-order valence-corrected chi connectivity index (χ1v) is 7.90. The summed E-state index contributed by atoms with van der Waals surface area (Å²) in [4.78, 5) is 17.0. The number of anilines is 2. The SMILES string of the molecule is CC1OCCC1NC(=O)c1sc(NC2CCC2)nc1N. The van der Waals surface area contributed by atoms with Crippen LogP contribution < -0.4 is 16.4 Å². The highest BCUT2D eigenvalue weighted by Gasteiger charge is 2.28. The summed E-state index contributed by atoms with van der Waals surface area (Å²) in [6, 6.07) is 0.548. The Labute approximate surface area is 122 Å². The number of nitrogen functional groups attached to an aromatic ring is 1. The number of amides is 1. The lowest BCUT2D eigenvalue weighted by Crippen LogP contribution is -2.39. The molecule has 0 aromatic carbocycles. The van der Waals surface area contributed by atoms with Crippen molar-refractivity contribution in [2.75, 3.05) is 17.7 Å². The third-order valence-electron chi connectivity index (χ3n) is 3.99. The number of nitrogens with one attached hydrogen (secondary N) is 2. The van der Waals surface area contributed by atoms with Crippen LogP contribution >= 0.6 is 11.3 Å². The van der Waals surface area contributed by atoms with Crippen LogP contribution in [0.15, 0.2) is 0 Å². The van der Waals surface area contributed by atoms with E-state index in [2.05, 4.69) is 15.6 Å². The number of hydrogen-bond acceptors (Lipinski definition) is 6. The van der Waals surface area contributed by atoms with Gasteiger partial charge in [0.25, 0.3) is 5.91 Å². The zero-order chi connectivity index (χ0) is 14.1. The second-order valence-corrected chi connectivity index (χ2v) is 6.45. The Bertz CT molecular complexity index is 501. The minimum absolute atomic E-state index is 0.0562. The van der Waals surface area contributed by atoms with Gasteiger partial charge < -0.3 is 21.1 Å². The molecule has 2 atom stereocenters. The smallest absolute Gasteiger partial charge is 0.265 e. The van der Waals surface area contributed by atoms with E-state index in [-0.39, 0.29) is 18.1 Å². The van der Waals surface area contributed by atoms with E-state index >= 15 is 0 Å². The largest absolute Gasteiger partial charge is 0.382 e. The number of hydrogen-bond donors (Lipinski definition) is 3. The van der Waals surface area contributed by atoms with Crippen LogP contribution in [0.5, 0.6) is 0 Å². The molecule has 2 unspecified atom stereocenters. The Morgan fingerprint density at radius 3 is 2.85 bits per heavy atom. The summed E-state index contributed by atoms with van der Waals surface area (Å²) in [7, 11) is 0. The molecule has 110 valence electrons. The summed E-state index contributed by atoms with van der Waals surface area (Å²) in [5, 5.41) is 7.04. The highest BCUT2D eigenvalue weighted by Crippen LogP contribution is 2.29. The van der Waals surface area contributed by atoms with Crippen LogP contribution in [0.25, 0.3) is 0 Å². The van der Waals surface area contributed by atoms with Gasteiger partial charge in [-0.25, -0.2) is 4.98 Å². The number of carbonyl (C=O) groups is 1. The van der Waals surface area contributed by atoms with E-state index in [9.17, 15) is 4.79 Å². The van der Waals surface area contributed by atoms with Crippen LogP contribution in [-0.2, 0) is 4.74 Å². The van der Waals surface area contributed by atoms with Crippen molar-refractivity contribution in [3.05, 3.63) is 4.88 Å². The molecule has 0 bridgehead atoms. The summed E-state index contributed by atoms with van der Waals surface area (Å²) < 4.78 is 5.44. The van der Waals surface area contributed by atoms with Gasteiger partial charge in [0.15, 0.2) is 5.13 Å². The van der Waals surface area contributed by atoms with Crippen LogP contribution in [-0.4, -0.2) is 35.7 Å². The van der Waals surface area contributed by atoms with Crippen molar-refractivity contribution in [2.24, 2.45) is 0 Å². The minimum atomic E-state index is -0.149. The number of aromatic nitrogens is 1. The van der Waals surface area contributed by atoms with Crippen molar-refractivity contribution >= 4 is 28.2 Å². The first kappa shape index (κ1) is 13.6. The van der Waals surface area contributed by atoms with Gasteiger partial charge in [-0.3, -0.25) is 4.79 Å². The maximum atomic E-state index is 12.2. The van der Waals surface area contributed by atoms with Gasteiger partial charge in [0.05, 0.1) is 12.1 Å². The van der Waals surface area contributed by atoms with Gasteiger partial charge in [0.2, 0.25) is 0 Å². The maximum Gasteiger partial charge on any atom is 0.265 e. The molecule has 1 saturated heterocycles. The highest BCUT2D eigenvalue weighted by atomic mass is 32.1. The van der Waals surface area contributed by atoms with E-state index in [1.165, 1.54) is 17.8 Å². The molecule has 1 aromatic rings. The van der Waals surface area contributed by atoms with Gasteiger partial charge in [0, 0.05) is 12.6 Å². The first-order valence-electron chi connectivity index (χ1n) is 7.09. The van der Waals surface area contributed by atoms with Crippen LogP contribution in [0.3, 0.4) is 0 Å². The van der Waals surface area contributed by atoms with Gasteiger partial charge in [0.1, 0.15) is 10.7 Å². The molecule has 1 amide bonds. The number of nitrogens with two attached hydrogens (primary N) is 1. The number of carbonyl (C=O) groups excluding carboxylic acids is 1. The van der Waals surface area contributed by atoms with Crippen molar-refractivity contribution in [1.29, 1.82) is 0 Å². The molecule has 2 fully saturated rings. The molecule has 1 saturated carbocycles. The lowest BCUT2D eigenvalue weighted by atomic mass is 9.93. The number of rotatable bonds is 4. The van der Waals surface area contributed by atoms with Crippen molar-refractivity contribution < 1.29 is 9.53 Å². The molecule has 2 aliphatic rings. The number of thiazole rings is 1. The van der Waals surface area contributed by atoms with Crippen LogP contribution in [0.4, 0.5) is 10.9 Å². The molecule has 0 radical (unpaired) electrons.